The second-order valence-corrected chi connectivity index (χ2v) is 9.54. The number of nitrogens with one attached hydrogen (secondary N) is 2. The molecule has 0 bridgehead atoms. The molecule has 2 atom stereocenters. The van der Waals surface area contributed by atoms with Crippen LogP contribution in [0.15, 0.2) is 70.8 Å². The number of fused-ring (bicyclic) bond motifs is 2. The molecule has 4 aliphatic rings. The number of aliphatic imine (C=N–C) groups is 2. The Labute approximate surface area is 199 Å². The van der Waals surface area contributed by atoms with E-state index in [2.05, 4.69) is 70.2 Å². The average Bonchev–Trinajstić information content (AvgIpc) is 3.53. The van der Waals surface area contributed by atoms with Crippen LogP contribution in [-0.4, -0.2) is 56.0 Å². The molecule has 3 aliphatic heterocycles. The Hall–Kier alpha value is -3.45. The van der Waals surface area contributed by atoms with Gasteiger partial charge >= 0.3 is 6.03 Å². The van der Waals surface area contributed by atoms with Gasteiger partial charge in [0.25, 0.3) is 0 Å². The number of carbonyl (C=O) groups excluding carboxylic acids is 1. The van der Waals surface area contributed by atoms with Gasteiger partial charge in [-0.25, -0.2) is 9.79 Å². The van der Waals surface area contributed by atoms with Gasteiger partial charge in [0.05, 0.1) is 25.2 Å². The minimum absolute atomic E-state index is 0.00229. The van der Waals surface area contributed by atoms with Crippen molar-refractivity contribution in [1.29, 1.82) is 0 Å². The molecule has 3 heterocycles. The van der Waals surface area contributed by atoms with Crippen LogP contribution in [0.25, 0.3) is 0 Å². The molecule has 34 heavy (non-hydrogen) atoms. The SMILES string of the molecule is O=C(NCC1(c2cccc(C3N=CN=C4NC=CC43)c2)Cc2ccccc2C1)N1CCOCC1. The van der Waals surface area contributed by atoms with E-state index < -0.39 is 0 Å². The standard InChI is InChI=1S/C27H29N5O2/c33-26(32-10-12-34-13-11-32)29-17-27(15-20-4-1-2-5-21(20)16-27)22-7-3-6-19(14-22)24-23-8-9-28-25(23)31-18-30-24/h1-9,14,18,23-24H,10-13,15-17H2,(H,29,33)(H,28,30,31). The van der Waals surface area contributed by atoms with E-state index in [-0.39, 0.29) is 23.4 Å². The van der Waals surface area contributed by atoms with Crippen LogP contribution in [0.5, 0.6) is 0 Å². The van der Waals surface area contributed by atoms with Crippen LogP contribution in [0.3, 0.4) is 0 Å². The molecule has 0 saturated carbocycles. The number of ether oxygens (including phenoxy) is 1. The highest BCUT2D eigenvalue weighted by atomic mass is 16.5. The Morgan fingerprint density at radius 2 is 1.91 bits per heavy atom. The summed E-state index contributed by atoms with van der Waals surface area (Å²) in [5.74, 6) is 1.09. The van der Waals surface area contributed by atoms with Gasteiger partial charge in [0.1, 0.15) is 12.2 Å². The summed E-state index contributed by atoms with van der Waals surface area (Å²) in [4.78, 5) is 23.9. The molecule has 2 aromatic rings. The predicted molar refractivity (Wildman–Crippen MR) is 132 cm³/mol. The molecule has 2 unspecified atom stereocenters. The fourth-order valence-corrected chi connectivity index (χ4v) is 5.66. The molecule has 6 rings (SSSR count). The van der Waals surface area contributed by atoms with E-state index in [0.29, 0.717) is 32.8 Å². The van der Waals surface area contributed by atoms with Crippen molar-refractivity contribution in [2.24, 2.45) is 15.9 Å². The summed E-state index contributed by atoms with van der Waals surface area (Å²) in [6, 6.07) is 17.4. The largest absolute Gasteiger partial charge is 0.378 e. The Morgan fingerprint density at radius 3 is 2.71 bits per heavy atom. The number of hydrogen-bond acceptors (Lipinski definition) is 5. The number of rotatable bonds is 4. The van der Waals surface area contributed by atoms with E-state index in [0.717, 1.165) is 18.7 Å². The Kier molecular flexibility index (Phi) is 5.41. The number of benzene rings is 2. The van der Waals surface area contributed by atoms with E-state index in [9.17, 15) is 4.79 Å². The zero-order chi connectivity index (χ0) is 23.0. The summed E-state index contributed by atoms with van der Waals surface area (Å²) in [5, 5.41) is 6.49. The van der Waals surface area contributed by atoms with Gasteiger partial charge in [-0.3, -0.25) is 4.99 Å². The summed E-state index contributed by atoms with van der Waals surface area (Å²) in [5.41, 5.74) is 4.95. The number of carbonyl (C=O) groups is 1. The van der Waals surface area contributed by atoms with Crippen LogP contribution < -0.4 is 10.6 Å². The van der Waals surface area contributed by atoms with Gasteiger partial charge in [-0.2, -0.15) is 0 Å². The quantitative estimate of drug-likeness (QED) is 0.744. The molecule has 7 nitrogen and oxygen atoms in total. The van der Waals surface area contributed by atoms with Gasteiger partial charge in [0.15, 0.2) is 0 Å². The van der Waals surface area contributed by atoms with Gasteiger partial charge in [0, 0.05) is 25.0 Å². The highest BCUT2D eigenvalue weighted by Crippen LogP contribution is 2.41. The summed E-state index contributed by atoms with van der Waals surface area (Å²) in [7, 11) is 0. The first-order valence-electron chi connectivity index (χ1n) is 12.0. The van der Waals surface area contributed by atoms with Crippen LogP contribution in [-0.2, 0) is 23.0 Å². The van der Waals surface area contributed by atoms with Gasteiger partial charge < -0.3 is 20.3 Å². The molecule has 0 spiro atoms. The molecule has 0 radical (unpaired) electrons. The Bertz CT molecular complexity index is 1160. The Morgan fingerprint density at radius 1 is 1.12 bits per heavy atom. The van der Waals surface area contributed by atoms with E-state index in [1.165, 1.54) is 22.3 Å². The summed E-state index contributed by atoms with van der Waals surface area (Å²) >= 11 is 0. The van der Waals surface area contributed by atoms with Crippen molar-refractivity contribution in [1.82, 2.24) is 15.5 Å². The third kappa shape index (κ3) is 3.80. The number of morpholine rings is 1. The van der Waals surface area contributed by atoms with Crippen molar-refractivity contribution >= 4 is 18.2 Å². The van der Waals surface area contributed by atoms with Crippen molar-refractivity contribution < 1.29 is 9.53 Å². The van der Waals surface area contributed by atoms with E-state index >= 15 is 0 Å². The maximum atomic E-state index is 13.0. The van der Waals surface area contributed by atoms with E-state index in [1.54, 1.807) is 6.34 Å². The molecule has 1 aliphatic carbocycles. The fourth-order valence-electron chi connectivity index (χ4n) is 5.66. The predicted octanol–water partition coefficient (Wildman–Crippen LogP) is 2.98. The second kappa shape index (κ2) is 8.72. The third-order valence-corrected chi connectivity index (χ3v) is 7.51. The summed E-state index contributed by atoms with van der Waals surface area (Å²) in [6.07, 6.45) is 7.55. The van der Waals surface area contributed by atoms with Crippen LogP contribution in [0.4, 0.5) is 4.79 Å². The summed E-state index contributed by atoms with van der Waals surface area (Å²) < 4.78 is 5.41. The van der Waals surface area contributed by atoms with Crippen LogP contribution in [0, 0.1) is 5.92 Å². The van der Waals surface area contributed by atoms with Crippen molar-refractivity contribution in [2.45, 2.75) is 24.3 Å². The lowest BCUT2D eigenvalue weighted by molar-refractivity contribution is 0.0528. The van der Waals surface area contributed by atoms with E-state index in [4.69, 9.17) is 9.73 Å². The lowest BCUT2D eigenvalue weighted by Crippen LogP contribution is -2.50. The zero-order valence-corrected chi connectivity index (χ0v) is 19.1. The molecule has 2 aromatic carbocycles. The molecule has 2 amide bonds. The maximum Gasteiger partial charge on any atom is 0.317 e. The molecular formula is C27H29N5O2. The highest BCUT2D eigenvalue weighted by Gasteiger charge is 2.40. The van der Waals surface area contributed by atoms with Gasteiger partial charge in [-0.15, -0.1) is 0 Å². The molecule has 1 saturated heterocycles. The van der Waals surface area contributed by atoms with Gasteiger partial charge in [-0.1, -0.05) is 54.6 Å². The smallest absolute Gasteiger partial charge is 0.317 e. The zero-order valence-electron chi connectivity index (χ0n) is 19.1. The molecular weight excluding hydrogens is 426 g/mol. The van der Waals surface area contributed by atoms with Crippen LogP contribution in [0.1, 0.15) is 28.3 Å². The normalized spacial score (nSPS) is 24.2. The molecule has 7 heteroatoms. The topological polar surface area (TPSA) is 78.3 Å². The van der Waals surface area contributed by atoms with Crippen molar-refractivity contribution in [3.05, 3.63) is 83.1 Å². The highest BCUT2D eigenvalue weighted by molar-refractivity contribution is 5.96. The van der Waals surface area contributed by atoms with Gasteiger partial charge in [-0.05, 0) is 41.3 Å². The van der Waals surface area contributed by atoms with E-state index in [1.807, 2.05) is 11.1 Å². The lowest BCUT2D eigenvalue weighted by atomic mass is 9.76. The minimum Gasteiger partial charge on any atom is -0.378 e. The lowest BCUT2D eigenvalue weighted by Gasteiger charge is -2.33. The van der Waals surface area contributed by atoms with Crippen molar-refractivity contribution in [3.8, 4) is 0 Å². The number of hydrogen-bond donors (Lipinski definition) is 2. The monoisotopic (exact) mass is 455 g/mol. The minimum atomic E-state index is -0.194. The van der Waals surface area contributed by atoms with Crippen LogP contribution >= 0.6 is 0 Å². The van der Waals surface area contributed by atoms with Crippen molar-refractivity contribution in [3.63, 3.8) is 0 Å². The number of urea groups is 1. The maximum absolute atomic E-state index is 13.0. The average molecular weight is 456 g/mol. The van der Waals surface area contributed by atoms with Gasteiger partial charge in [0.2, 0.25) is 0 Å². The van der Waals surface area contributed by atoms with Crippen molar-refractivity contribution in [2.75, 3.05) is 32.8 Å². The molecule has 0 aromatic heterocycles. The first kappa shape index (κ1) is 21.1. The molecule has 1 fully saturated rings. The Balaban J connectivity index is 1.30. The second-order valence-electron chi connectivity index (χ2n) is 9.54. The first-order chi connectivity index (χ1) is 16.7. The first-order valence-corrected chi connectivity index (χ1v) is 12.0. The number of amidine groups is 1. The fraction of sp³-hybridized carbons (Fsp3) is 0.370. The molecule has 174 valence electrons. The third-order valence-electron chi connectivity index (χ3n) is 7.51. The summed E-state index contributed by atoms with van der Waals surface area (Å²) in [6.45, 7) is 3.07. The van der Waals surface area contributed by atoms with Crippen LogP contribution in [0.2, 0.25) is 0 Å². The number of amides is 2. The number of nitrogens with zero attached hydrogens (tertiary/aromatic N) is 3. The molecule has 2 N–H and O–H groups in total.